The van der Waals surface area contributed by atoms with E-state index in [1.165, 1.54) is 0 Å². The maximum absolute atomic E-state index is 13.4. The largest absolute Gasteiger partial charge is 0.293 e. The fourth-order valence-electron chi connectivity index (χ4n) is 2.26. The summed E-state index contributed by atoms with van der Waals surface area (Å²) < 4.78 is 26.7. The molecule has 0 saturated heterocycles. The molecule has 13 heavy (non-hydrogen) atoms. The van der Waals surface area contributed by atoms with Crippen LogP contribution in [0.15, 0.2) is 0 Å². The Morgan fingerprint density at radius 3 is 2.38 bits per heavy atom. The normalized spacial score (nSPS) is 27.5. The van der Waals surface area contributed by atoms with Gasteiger partial charge in [0.1, 0.15) is 0 Å². The fourth-order valence-corrected chi connectivity index (χ4v) is 2.26. The smallest absolute Gasteiger partial charge is 0.263 e. The van der Waals surface area contributed by atoms with Crippen molar-refractivity contribution in [1.29, 1.82) is 0 Å². The summed E-state index contributed by atoms with van der Waals surface area (Å²) in [7, 11) is 0. The Morgan fingerprint density at radius 2 is 2.08 bits per heavy atom. The molecule has 1 aliphatic carbocycles. The Hall–Kier alpha value is -0.180. The molecule has 0 aromatic carbocycles. The lowest BCUT2D eigenvalue weighted by atomic mass is 10.1. The van der Waals surface area contributed by atoms with Gasteiger partial charge in [-0.05, 0) is 33.2 Å². The van der Waals surface area contributed by atoms with Gasteiger partial charge in [-0.25, -0.2) is 8.78 Å². The topological polar surface area (TPSA) is 3.24 Å². The van der Waals surface area contributed by atoms with E-state index in [0.29, 0.717) is 12.8 Å². The number of hydrogen-bond donors (Lipinski definition) is 0. The van der Waals surface area contributed by atoms with Crippen LogP contribution in [0.2, 0.25) is 0 Å². The average Bonchev–Trinajstić information content (AvgIpc) is 2.32. The predicted octanol–water partition coefficient (Wildman–Crippen LogP) is 2.90. The van der Waals surface area contributed by atoms with Crippen LogP contribution in [-0.4, -0.2) is 29.5 Å². The lowest BCUT2D eigenvalue weighted by Gasteiger charge is -2.34. The zero-order valence-corrected chi connectivity index (χ0v) is 8.69. The maximum Gasteiger partial charge on any atom is 0.263 e. The van der Waals surface area contributed by atoms with E-state index in [1.807, 2.05) is 25.7 Å². The van der Waals surface area contributed by atoms with Crippen molar-refractivity contribution in [2.24, 2.45) is 0 Å². The molecule has 0 radical (unpaired) electrons. The number of rotatable bonds is 3. The quantitative estimate of drug-likeness (QED) is 0.663. The molecule has 3 heteroatoms. The molecule has 78 valence electrons. The van der Waals surface area contributed by atoms with Gasteiger partial charge in [-0.3, -0.25) is 4.90 Å². The van der Waals surface area contributed by atoms with E-state index < -0.39 is 12.0 Å². The standard InChI is InChI=1S/C10H19F2N/c1-4-13(8(2)3)9-6-5-7-10(9,11)12/h8-9H,4-7H2,1-3H3. The van der Waals surface area contributed by atoms with Crippen LogP contribution in [0.25, 0.3) is 0 Å². The first kappa shape index (κ1) is 10.9. The van der Waals surface area contributed by atoms with Crippen molar-refractivity contribution in [3.05, 3.63) is 0 Å². The first-order chi connectivity index (χ1) is 5.99. The van der Waals surface area contributed by atoms with Gasteiger partial charge in [0, 0.05) is 12.5 Å². The van der Waals surface area contributed by atoms with Crippen molar-refractivity contribution in [2.75, 3.05) is 6.54 Å². The van der Waals surface area contributed by atoms with Crippen LogP contribution in [0.5, 0.6) is 0 Å². The van der Waals surface area contributed by atoms with Crippen molar-refractivity contribution in [2.45, 2.75) is 58.0 Å². The zero-order chi connectivity index (χ0) is 10.1. The minimum atomic E-state index is -2.46. The molecular weight excluding hydrogens is 172 g/mol. The second-order valence-electron chi connectivity index (χ2n) is 4.09. The van der Waals surface area contributed by atoms with E-state index in [9.17, 15) is 8.78 Å². The van der Waals surface area contributed by atoms with E-state index in [2.05, 4.69) is 0 Å². The molecule has 1 saturated carbocycles. The minimum Gasteiger partial charge on any atom is -0.293 e. The summed E-state index contributed by atoms with van der Waals surface area (Å²) in [6.07, 6.45) is 1.39. The van der Waals surface area contributed by atoms with Crippen molar-refractivity contribution in [3.8, 4) is 0 Å². The Balaban J connectivity index is 2.68. The van der Waals surface area contributed by atoms with Crippen molar-refractivity contribution in [1.82, 2.24) is 4.90 Å². The molecule has 0 aliphatic heterocycles. The number of halogens is 2. The summed E-state index contributed by atoms with van der Waals surface area (Å²) in [5.74, 6) is -2.46. The summed E-state index contributed by atoms with van der Waals surface area (Å²) >= 11 is 0. The summed E-state index contributed by atoms with van der Waals surface area (Å²) in [5, 5.41) is 0. The van der Waals surface area contributed by atoms with Crippen molar-refractivity contribution in [3.63, 3.8) is 0 Å². The summed E-state index contributed by atoms with van der Waals surface area (Å²) in [6, 6.07) is -0.295. The lowest BCUT2D eigenvalue weighted by molar-refractivity contribution is -0.0684. The molecule has 1 nitrogen and oxygen atoms in total. The molecule has 0 spiro atoms. The number of nitrogens with zero attached hydrogens (tertiary/aromatic N) is 1. The van der Waals surface area contributed by atoms with E-state index in [0.717, 1.165) is 6.54 Å². The van der Waals surface area contributed by atoms with Crippen LogP contribution in [0, 0.1) is 0 Å². The first-order valence-electron chi connectivity index (χ1n) is 5.12. The molecule has 0 bridgehead atoms. The second kappa shape index (κ2) is 3.91. The highest BCUT2D eigenvalue weighted by Gasteiger charge is 2.46. The fraction of sp³-hybridized carbons (Fsp3) is 1.00. The molecule has 1 unspecified atom stereocenters. The molecule has 1 atom stereocenters. The Labute approximate surface area is 79.1 Å². The Bertz CT molecular complexity index is 168. The number of alkyl halides is 2. The lowest BCUT2D eigenvalue weighted by Crippen LogP contribution is -2.47. The molecular formula is C10H19F2N. The summed E-state index contributed by atoms with van der Waals surface area (Å²) in [5.41, 5.74) is 0. The van der Waals surface area contributed by atoms with E-state index in [-0.39, 0.29) is 12.5 Å². The summed E-state index contributed by atoms with van der Waals surface area (Å²) in [6.45, 7) is 6.64. The predicted molar refractivity (Wildman–Crippen MR) is 50.1 cm³/mol. The van der Waals surface area contributed by atoms with Crippen LogP contribution >= 0.6 is 0 Å². The van der Waals surface area contributed by atoms with Gasteiger partial charge in [-0.1, -0.05) is 6.92 Å². The molecule has 0 aromatic rings. The van der Waals surface area contributed by atoms with Gasteiger partial charge in [0.25, 0.3) is 5.92 Å². The zero-order valence-electron chi connectivity index (χ0n) is 8.69. The molecule has 0 heterocycles. The second-order valence-corrected chi connectivity index (χ2v) is 4.09. The van der Waals surface area contributed by atoms with Crippen LogP contribution in [0.1, 0.15) is 40.0 Å². The molecule has 1 rings (SSSR count). The minimum absolute atomic E-state index is 0.0703. The van der Waals surface area contributed by atoms with E-state index in [1.54, 1.807) is 0 Å². The van der Waals surface area contributed by atoms with Gasteiger partial charge in [0.05, 0.1) is 6.04 Å². The van der Waals surface area contributed by atoms with E-state index >= 15 is 0 Å². The average molecular weight is 191 g/mol. The monoisotopic (exact) mass is 191 g/mol. The number of hydrogen-bond acceptors (Lipinski definition) is 1. The van der Waals surface area contributed by atoms with Gasteiger partial charge in [-0.15, -0.1) is 0 Å². The van der Waals surface area contributed by atoms with Crippen molar-refractivity contribution < 1.29 is 8.78 Å². The maximum atomic E-state index is 13.4. The summed E-state index contributed by atoms with van der Waals surface area (Å²) in [4.78, 5) is 1.91. The molecule has 1 aliphatic rings. The van der Waals surface area contributed by atoms with E-state index in [4.69, 9.17) is 0 Å². The molecule has 1 fully saturated rings. The third-order valence-corrected chi connectivity index (χ3v) is 2.90. The van der Waals surface area contributed by atoms with Gasteiger partial charge in [0.2, 0.25) is 0 Å². The molecule has 0 aromatic heterocycles. The van der Waals surface area contributed by atoms with Crippen LogP contribution in [0.4, 0.5) is 8.78 Å². The highest BCUT2D eigenvalue weighted by molar-refractivity contribution is 4.92. The molecule has 0 amide bonds. The van der Waals surface area contributed by atoms with Gasteiger partial charge >= 0.3 is 0 Å². The van der Waals surface area contributed by atoms with Gasteiger partial charge in [0.15, 0.2) is 0 Å². The van der Waals surface area contributed by atoms with Gasteiger partial charge < -0.3 is 0 Å². The third kappa shape index (κ3) is 2.19. The third-order valence-electron chi connectivity index (χ3n) is 2.90. The highest BCUT2D eigenvalue weighted by atomic mass is 19.3. The van der Waals surface area contributed by atoms with Crippen molar-refractivity contribution >= 4 is 0 Å². The Morgan fingerprint density at radius 1 is 1.46 bits per heavy atom. The molecule has 0 N–H and O–H groups in total. The highest BCUT2D eigenvalue weighted by Crippen LogP contribution is 2.38. The van der Waals surface area contributed by atoms with Gasteiger partial charge in [-0.2, -0.15) is 0 Å². The Kier molecular flexibility index (Phi) is 3.28. The first-order valence-corrected chi connectivity index (χ1v) is 5.12. The van der Waals surface area contributed by atoms with Crippen LogP contribution < -0.4 is 0 Å². The van der Waals surface area contributed by atoms with Crippen LogP contribution in [-0.2, 0) is 0 Å². The van der Waals surface area contributed by atoms with Crippen LogP contribution in [0.3, 0.4) is 0 Å². The SMILES string of the molecule is CCN(C(C)C)C1CCCC1(F)F.